The lowest BCUT2D eigenvalue weighted by molar-refractivity contribution is -0.144. The molecule has 228 valence electrons. The monoisotopic (exact) mass is 600 g/mol. The van der Waals surface area contributed by atoms with E-state index in [1.807, 2.05) is 0 Å². The summed E-state index contributed by atoms with van der Waals surface area (Å²) in [6, 6.07) is 0.342. The van der Waals surface area contributed by atoms with Crippen LogP contribution >= 0.6 is 0 Å². The van der Waals surface area contributed by atoms with Crippen LogP contribution in [0.1, 0.15) is 85.2 Å². The average Bonchev–Trinajstić information content (AvgIpc) is 3.51. The molecule has 10 nitrogen and oxygen atoms in total. The van der Waals surface area contributed by atoms with E-state index < -0.39 is 55.5 Å². The van der Waals surface area contributed by atoms with Crippen LogP contribution in [-0.4, -0.2) is 60.2 Å². The van der Waals surface area contributed by atoms with E-state index in [1.165, 1.54) is 16.9 Å². The van der Waals surface area contributed by atoms with Gasteiger partial charge >= 0.3 is 6.18 Å². The Kier molecular flexibility index (Phi) is 8.42. The predicted octanol–water partition coefficient (Wildman–Crippen LogP) is 4.50. The first-order chi connectivity index (χ1) is 19.9. The largest absolute Gasteiger partial charge is 0.389 e. The standard InChI is InChI=1S/C26H30F6N8O2/c27-9-10-39-19(13-33-38-39)24(42)37-23(16-3-6-25(28,29)7-4-16)18-14-40-20(35-18)11-17(12-34-40)22(15-1-2-15)36-21(41)5-8-26(30,31)32/h11-16,22-23H,1-10H2,(H,36,41)(H,37,42)/t22?,23-/m0/s1. The smallest absolute Gasteiger partial charge is 0.349 e. The van der Waals surface area contributed by atoms with Crippen LogP contribution in [0.2, 0.25) is 0 Å². The first-order valence-electron chi connectivity index (χ1n) is 13.8. The number of hydrogen-bond donors (Lipinski definition) is 2. The second-order valence-corrected chi connectivity index (χ2v) is 10.9. The number of hydrogen-bond acceptors (Lipinski definition) is 6. The van der Waals surface area contributed by atoms with Gasteiger partial charge in [-0.05, 0) is 49.1 Å². The molecule has 3 aromatic heterocycles. The van der Waals surface area contributed by atoms with Crippen LogP contribution in [0, 0.1) is 11.8 Å². The highest BCUT2D eigenvalue weighted by Gasteiger charge is 2.40. The van der Waals surface area contributed by atoms with E-state index in [2.05, 4.69) is 31.0 Å². The molecular weight excluding hydrogens is 570 g/mol. The molecule has 2 atom stereocenters. The Morgan fingerprint density at radius 2 is 1.76 bits per heavy atom. The topological polar surface area (TPSA) is 119 Å². The Morgan fingerprint density at radius 3 is 2.43 bits per heavy atom. The summed E-state index contributed by atoms with van der Waals surface area (Å²) in [7, 11) is 0. The number of nitrogens with one attached hydrogen (secondary N) is 2. The minimum Gasteiger partial charge on any atom is -0.349 e. The zero-order valence-corrected chi connectivity index (χ0v) is 22.5. The highest BCUT2D eigenvalue weighted by Crippen LogP contribution is 2.43. The fourth-order valence-electron chi connectivity index (χ4n) is 5.36. The normalized spacial score (nSPS) is 19.0. The van der Waals surface area contributed by atoms with E-state index >= 15 is 0 Å². The van der Waals surface area contributed by atoms with Crippen LogP contribution < -0.4 is 10.6 Å². The van der Waals surface area contributed by atoms with Crippen molar-refractivity contribution in [1.29, 1.82) is 0 Å². The van der Waals surface area contributed by atoms with Gasteiger partial charge in [0, 0.05) is 19.3 Å². The lowest BCUT2D eigenvalue weighted by atomic mass is 9.81. The molecule has 3 aromatic rings. The molecule has 0 spiro atoms. The van der Waals surface area contributed by atoms with Gasteiger partial charge in [0.2, 0.25) is 11.8 Å². The summed E-state index contributed by atoms with van der Waals surface area (Å²) in [5.74, 6) is -4.46. The summed E-state index contributed by atoms with van der Waals surface area (Å²) in [4.78, 5) is 30.1. The van der Waals surface area contributed by atoms with E-state index in [4.69, 9.17) is 0 Å². The van der Waals surface area contributed by atoms with E-state index in [0.717, 1.165) is 17.5 Å². The third-order valence-corrected chi connectivity index (χ3v) is 7.75. The Morgan fingerprint density at radius 1 is 1.05 bits per heavy atom. The molecule has 0 radical (unpaired) electrons. The van der Waals surface area contributed by atoms with Crippen molar-refractivity contribution >= 4 is 17.5 Å². The van der Waals surface area contributed by atoms with Gasteiger partial charge in [0.15, 0.2) is 5.65 Å². The average molecular weight is 601 g/mol. The maximum absolute atomic E-state index is 14.0. The summed E-state index contributed by atoms with van der Waals surface area (Å²) >= 11 is 0. The lowest BCUT2D eigenvalue weighted by Crippen LogP contribution is -2.38. The number of rotatable bonds is 11. The van der Waals surface area contributed by atoms with E-state index in [1.54, 1.807) is 12.3 Å². The van der Waals surface area contributed by atoms with Gasteiger partial charge in [0.25, 0.3) is 5.91 Å². The quantitative estimate of drug-likeness (QED) is 0.313. The van der Waals surface area contributed by atoms with Crippen molar-refractivity contribution in [3.05, 3.63) is 41.6 Å². The van der Waals surface area contributed by atoms with Gasteiger partial charge in [0.1, 0.15) is 12.4 Å². The minimum absolute atomic E-state index is 0.0107. The molecule has 42 heavy (non-hydrogen) atoms. The van der Waals surface area contributed by atoms with Gasteiger partial charge in [-0.3, -0.25) is 9.59 Å². The molecule has 2 aliphatic carbocycles. The molecule has 0 aromatic carbocycles. The SMILES string of the molecule is O=C(CCC(F)(F)F)NC(c1cnn2cc([C@@H](NC(=O)c3cnnn3CCF)C3CCC(F)(F)CC3)nc2c1)C1CC1. The van der Waals surface area contributed by atoms with E-state index in [9.17, 15) is 35.9 Å². The van der Waals surface area contributed by atoms with Crippen LogP contribution in [-0.2, 0) is 11.3 Å². The molecule has 5 rings (SSSR count). The van der Waals surface area contributed by atoms with Crippen LogP contribution in [0.15, 0.2) is 24.7 Å². The molecule has 16 heteroatoms. The van der Waals surface area contributed by atoms with Gasteiger partial charge in [-0.2, -0.15) is 18.3 Å². The number of carbonyl (C=O) groups excluding carboxylic acids is 2. The van der Waals surface area contributed by atoms with Crippen LogP contribution in [0.25, 0.3) is 5.65 Å². The van der Waals surface area contributed by atoms with Crippen molar-refractivity contribution in [2.45, 2.75) is 82.1 Å². The summed E-state index contributed by atoms with van der Waals surface area (Å²) < 4.78 is 81.2. The summed E-state index contributed by atoms with van der Waals surface area (Å²) in [5, 5.41) is 17.3. The molecular formula is C26H30F6N8O2. The van der Waals surface area contributed by atoms with Crippen molar-refractivity contribution < 1.29 is 35.9 Å². The van der Waals surface area contributed by atoms with E-state index in [-0.39, 0.29) is 49.8 Å². The molecule has 2 amide bonds. The van der Waals surface area contributed by atoms with Crippen LogP contribution in [0.5, 0.6) is 0 Å². The highest BCUT2D eigenvalue weighted by molar-refractivity contribution is 5.92. The highest BCUT2D eigenvalue weighted by atomic mass is 19.4. The van der Waals surface area contributed by atoms with E-state index in [0.29, 0.717) is 16.9 Å². The molecule has 2 fully saturated rings. The molecule has 0 aliphatic heterocycles. The number of halogens is 6. The number of alkyl halides is 6. The third-order valence-electron chi connectivity index (χ3n) is 7.75. The maximum Gasteiger partial charge on any atom is 0.389 e. The minimum atomic E-state index is -4.44. The maximum atomic E-state index is 14.0. The molecule has 2 N–H and O–H groups in total. The third kappa shape index (κ3) is 7.18. The van der Waals surface area contributed by atoms with Crippen LogP contribution in [0.4, 0.5) is 26.3 Å². The van der Waals surface area contributed by atoms with Crippen molar-refractivity contribution in [3.8, 4) is 0 Å². The number of nitrogens with zero attached hydrogens (tertiary/aromatic N) is 6. The second kappa shape index (κ2) is 11.9. The zero-order valence-electron chi connectivity index (χ0n) is 22.5. The van der Waals surface area contributed by atoms with Gasteiger partial charge in [-0.25, -0.2) is 27.4 Å². The lowest BCUT2D eigenvalue weighted by Gasteiger charge is -2.33. The Balaban J connectivity index is 1.39. The number of imidazole rings is 1. The van der Waals surface area contributed by atoms with Crippen molar-refractivity contribution in [3.63, 3.8) is 0 Å². The number of fused-ring (bicyclic) bond motifs is 1. The van der Waals surface area contributed by atoms with Gasteiger partial charge in [-0.15, -0.1) is 5.10 Å². The van der Waals surface area contributed by atoms with Crippen molar-refractivity contribution in [1.82, 2.24) is 40.2 Å². The van der Waals surface area contributed by atoms with Gasteiger partial charge < -0.3 is 10.6 Å². The first kappa shape index (κ1) is 29.8. The van der Waals surface area contributed by atoms with Crippen molar-refractivity contribution in [2.24, 2.45) is 11.8 Å². The molecule has 0 bridgehead atoms. The fraction of sp³-hybridized carbons (Fsp3) is 0.615. The molecule has 3 heterocycles. The summed E-state index contributed by atoms with van der Waals surface area (Å²) in [5.41, 5.74) is 1.30. The van der Waals surface area contributed by atoms with Gasteiger partial charge in [0.05, 0.1) is 49.3 Å². The Bertz CT molecular complexity index is 1410. The predicted molar refractivity (Wildman–Crippen MR) is 135 cm³/mol. The summed E-state index contributed by atoms with van der Waals surface area (Å²) in [6.07, 6.45) is -0.940. The molecule has 2 aliphatic rings. The number of amides is 2. The second-order valence-electron chi connectivity index (χ2n) is 10.9. The Hall–Kier alpha value is -3.72. The first-order valence-corrected chi connectivity index (χ1v) is 13.8. The molecule has 2 saturated carbocycles. The van der Waals surface area contributed by atoms with Gasteiger partial charge in [-0.1, -0.05) is 5.21 Å². The number of aryl methyl sites for hydroxylation is 1. The van der Waals surface area contributed by atoms with Crippen LogP contribution in [0.3, 0.4) is 0 Å². The molecule has 0 saturated heterocycles. The zero-order chi connectivity index (χ0) is 30.1. The number of aromatic nitrogens is 6. The fourth-order valence-corrected chi connectivity index (χ4v) is 5.36. The molecule has 1 unspecified atom stereocenters. The summed E-state index contributed by atoms with van der Waals surface area (Å²) in [6.45, 7) is -0.950. The van der Waals surface area contributed by atoms with Crippen molar-refractivity contribution in [2.75, 3.05) is 6.67 Å². The number of carbonyl (C=O) groups is 2. The Labute approximate surface area is 236 Å².